The van der Waals surface area contributed by atoms with Gasteiger partial charge in [-0.25, -0.2) is 4.79 Å². The summed E-state index contributed by atoms with van der Waals surface area (Å²) in [6.45, 7) is 0.117. The SMILES string of the molecule is Nc1ccc(-c2ccc(Cl)s2)cc1NC(=O)c1ccc(NC(=O)C2(NC(=O)OCc3ccccc3)CC2)cc1. The van der Waals surface area contributed by atoms with E-state index in [-0.39, 0.29) is 18.4 Å². The van der Waals surface area contributed by atoms with Gasteiger partial charge in [0.2, 0.25) is 5.91 Å². The average Bonchev–Trinajstić information content (AvgIpc) is 3.60. The van der Waals surface area contributed by atoms with E-state index in [1.54, 1.807) is 36.4 Å². The number of nitrogens with two attached hydrogens (primary N) is 1. The molecule has 1 saturated carbocycles. The lowest BCUT2D eigenvalue weighted by molar-refractivity contribution is -0.119. The fourth-order valence-electron chi connectivity index (χ4n) is 3.93. The summed E-state index contributed by atoms with van der Waals surface area (Å²) in [7, 11) is 0. The molecular weight excluding hydrogens is 536 g/mol. The summed E-state index contributed by atoms with van der Waals surface area (Å²) in [6, 6.07) is 24.9. The van der Waals surface area contributed by atoms with Crippen molar-refractivity contribution < 1.29 is 19.1 Å². The molecule has 1 aliphatic rings. The van der Waals surface area contributed by atoms with E-state index in [4.69, 9.17) is 22.1 Å². The first-order valence-corrected chi connectivity index (χ1v) is 13.4. The molecule has 1 heterocycles. The quantitative estimate of drug-likeness (QED) is 0.188. The second-order valence-electron chi connectivity index (χ2n) is 9.16. The zero-order valence-electron chi connectivity index (χ0n) is 20.7. The number of ether oxygens (including phenoxy) is 1. The largest absolute Gasteiger partial charge is 0.445 e. The van der Waals surface area contributed by atoms with Crippen molar-refractivity contribution in [1.29, 1.82) is 0 Å². The van der Waals surface area contributed by atoms with E-state index in [0.717, 1.165) is 16.0 Å². The summed E-state index contributed by atoms with van der Waals surface area (Å²) in [6.07, 6.45) is 0.375. The number of amides is 3. The third-order valence-electron chi connectivity index (χ3n) is 6.30. The maximum atomic E-state index is 12.9. The predicted molar refractivity (Wildman–Crippen MR) is 154 cm³/mol. The summed E-state index contributed by atoms with van der Waals surface area (Å²) < 4.78 is 5.92. The summed E-state index contributed by atoms with van der Waals surface area (Å²) in [5.74, 6) is -0.683. The first-order chi connectivity index (χ1) is 18.8. The van der Waals surface area contributed by atoms with E-state index in [1.807, 2.05) is 48.5 Å². The van der Waals surface area contributed by atoms with Crippen LogP contribution >= 0.6 is 22.9 Å². The fraction of sp³-hybridized carbons (Fsp3) is 0.138. The van der Waals surface area contributed by atoms with Crippen LogP contribution in [0, 0.1) is 0 Å². The minimum Gasteiger partial charge on any atom is -0.445 e. The molecule has 1 aromatic heterocycles. The zero-order valence-corrected chi connectivity index (χ0v) is 22.3. The van der Waals surface area contributed by atoms with E-state index >= 15 is 0 Å². The molecule has 8 nitrogen and oxygen atoms in total. The third-order valence-corrected chi connectivity index (χ3v) is 7.58. The number of alkyl carbamates (subject to hydrolysis) is 1. The Morgan fingerprint density at radius 3 is 2.33 bits per heavy atom. The van der Waals surface area contributed by atoms with Crippen molar-refractivity contribution in [3.05, 3.63) is 100 Å². The Bertz CT molecular complexity index is 1520. The molecule has 10 heteroatoms. The molecule has 1 fully saturated rings. The Balaban J connectivity index is 1.17. The van der Waals surface area contributed by atoms with Crippen molar-refractivity contribution in [2.75, 3.05) is 16.4 Å². The molecule has 0 spiro atoms. The highest BCUT2D eigenvalue weighted by atomic mass is 35.5. The number of carbonyl (C=O) groups is 3. The molecule has 3 amide bonds. The van der Waals surface area contributed by atoms with Gasteiger partial charge in [0.05, 0.1) is 15.7 Å². The number of carbonyl (C=O) groups excluding carboxylic acids is 3. The average molecular weight is 561 g/mol. The zero-order chi connectivity index (χ0) is 27.4. The van der Waals surface area contributed by atoms with Crippen molar-refractivity contribution in [3.63, 3.8) is 0 Å². The van der Waals surface area contributed by atoms with Gasteiger partial charge in [-0.2, -0.15) is 0 Å². The van der Waals surface area contributed by atoms with Gasteiger partial charge in [0.15, 0.2) is 0 Å². The first-order valence-electron chi connectivity index (χ1n) is 12.2. The van der Waals surface area contributed by atoms with E-state index in [1.165, 1.54) is 11.3 Å². The number of thiophene rings is 1. The van der Waals surface area contributed by atoms with Crippen LogP contribution < -0.4 is 21.7 Å². The van der Waals surface area contributed by atoms with Gasteiger partial charge in [0.1, 0.15) is 12.1 Å². The molecule has 0 radical (unpaired) electrons. The number of nitrogen functional groups attached to an aromatic ring is 1. The van der Waals surface area contributed by atoms with E-state index in [0.29, 0.717) is 39.8 Å². The van der Waals surface area contributed by atoms with Crippen LogP contribution in [0.25, 0.3) is 10.4 Å². The van der Waals surface area contributed by atoms with Gasteiger partial charge in [-0.1, -0.05) is 48.0 Å². The van der Waals surface area contributed by atoms with Crippen LogP contribution in [0.2, 0.25) is 4.34 Å². The van der Waals surface area contributed by atoms with Gasteiger partial charge in [-0.3, -0.25) is 9.59 Å². The van der Waals surface area contributed by atoms with Crippen molar-refractivity contribution in [1.82, 2.24) is 5.32 Å². The van der Waals surface area contributed by atoms with Gasteiger partial charge in [0.25, 0.3) is 5.91 Å². The van der Waals surface area contributed by atoms with Crippen molar-refractivity contribution in [2.45, 2.75) is 25.0 Å². The number of hydrogen-bond acceptors (Lipinski definition) is 6. The van der Waals surface area contributed by atoms with Crippen LogP contribution in [0.15, 0.2) is 84.9 Å². The third kappa shape index (κ3) is 6.39. The molecule has 0 atom stereocenters. The fourth-order valence-corrected chi connectivity index (χ4v) is 4.97. The van der Waals surface area contributed by atoms with Crippen LogP contribution in [-0.4, -0.2) is 23.4 Å². The van der Waals surface area contributed by atoms with E-state index in [9.17, 15) is 14.4 Å². The van der Waals surface area contributed by atoms with Crippen LogP contribution in [0.1, 0.15) is 28.8 Å². The minimum absolute atomic E-state index is 0.117. The van der Waals surface area contributed by atoms with Crippen molar-refractivity contribution in [2.24, 2.45) is 0 Å². The number of anilines is 3. The van der Waals surface area contributed by atoms with E-state index < -0.39 is 11.6 Å². The normalized spacial score (nSPS) is 13.3. The monoisotopic (exact) mass is 560 g/mol. The van der Waals surface area contributed by atoms with Gasteiger partial charge >= 0.3 is 6.09 Å². The van der Waals surface area contributed by atoms with Crippen LogP contribution in [0.3, 0.4) is 0 Å². The Morgan fingerprint density at radius 2 is 1.67 bits per heavy atom. The number of halogens is 1. The molecule has 198 valence electrons. The smallest absolute Gasteiger partial charge is 0.408 e. The molecule has 0 saturated heterocycles. The van der Waals surface area contributed by atoms with Gasteiger partial charge in [0, 0.05) is 16.1 Å². The maximum Gasteiger partial charge on any atom is 0.408 e. The summed E-state index contributed by atoms with van der Waals surface area (Å²) in [5, 5.41) is 8.33. The molecule has 39 heavy (non-hydrogen) atoms. The number of benzene rings is 3. The molecule has 3 aromatic carbocycles. The topological polar surface area (TPSA) is 123 Å². The van der Waals surface area contributed by atoms with Crippen molar-refractivity contribution in [3.8, 4) is 10.4 Å². The van der Waals surface area contributed by atoms with Crippen LogP contribution in [0.5, 0.6) is 0 Å². The Kier molecular flexibility index (Phi) is 7.53. The Morgan fingerprint density at radius 1 is 0.923 bits per heavy atom. The minimum atomic E-state index is -1.00. The highest BCUT2D eigenvalue weighted by Crippen LogP contribution is 2.37. The van der Waals surface area contributed by atoms with Crippen molar-refractivity contribution >= 4 is 57.9 Å². The second kappa shape index (κ2) is 11.2. The molecule has 0 unspecified atom stereocenters. The number of rotatable bonds is 8. The highest BCUT2D eigenvalue weighted by Gasteiger charge is 2.51. The van der Waals surface area contributed by atoms with Crippen LogP contribution in [-0.2, 0) is 16.1 Å². The number of hydrogen-bond donors (Lipinski definition) is 4. The van der Waals surface area contributed by atoms with E-state index in [2.05, 4.69) is 16.0 Å². The summed E-state index contributed by atoms with van der Waals surface area (Å²) in [5.41, 5.74) is 8.64. The molecule has 1 aliphatic carbocycles. The van der Waals surface area contributed by atoms with Gasteiger partial charge in [-0.15, -0.1) is 11.3 Å². The molecule has 0 bridgehead atoms. The molecular formula is C29H25ClN4O4S. The molecule has 0 aliphatic heterocycles. The first kappa shape index (κ1) is 26.3. The Hall–Kier alpha value is -4.34. The molecule has 5 rings (SSSR count). The molecule has 5 N–H and O–H groups in total. The van der Waals surface area contributed by atoms with Crippen LogP contribution in [0.4, 0.5) is 21.9 Å². The summed E-state index contributed by atoms with van der Waals surface area (Å²) >= 11 is 7.48. The molecule has 4 aromatic rings. The Labute approximate surface area is 234 Å². The van der Waals surface area contributed by atoms with Gasteiger partial charge in [-0.05, 0) is 72.5 Å². The lowest BCUT2D eigenvalue weighted by atomic mass is 10.1. The summed E-state index contributed by atoms with van der Waals surface area (Å²) in [4.78, 5) is 39.0. The maximum absolute atomic E-state index is 12.9. The number of nitrogens with one attached hydrogen (secondary N) is 3. The highest BCUT2D eigenvalue weighted by molar-refractivity contribution is 7.19. The van der Waals surface area contributed by atoms with Gasteiger partial charge < -0.3 is 26.4 Å². The predicted octanol–water partition coefficient (Wildman–Crippen LogP) is 6.30. The lowest BCUT2D eigenvalue weighted by Crippen LogP contribution is -2.46. The standard InChI is InChI=1S/C29H25ClN4O4S/c30-25-13-12-24(39-25)20-8-11-22(31)23(16-20)33-26(35)19-6-9-21(10-7-19)32-27(36)29(14-15-29)34-28(37)38-17-18-4-2-1-3-5-18/h1-13,16H,14-15,17,31H2,(H,32,36)(H,33,35)(H,34,37). The lowest BCUT2D eigenvalue weighted by Gasteiger charge is -2.17. The second-order valence-corrected chi connectivity index (χ2v) is 10.9.